The van der Waals surface area contributed by atoms with Crippen LogP contribution < -0.4 is 14.2 Å². The Morgan fingerprint density at radius 3 is 2.66 bits per heavy atom. The predicted octanol–water partition coefficient (Wildman–Crippen LogP) is 3.21. The van der Waals surface area contributed by atoms with Crippen LogP contribution in [0.25, 0.3) is 6.08 Å². The van der Waals surface area contributed by atoms with E-state index in [1.807, 2.05) is 12.1 Å². The quantitative estimate of drug-likeness (QED) is 0.249. The molecule has 8 nitrogen and oxygen atoms in total. The van der Waals surface area contributed by atoms with E-state index in [1.165, 1.54) is 19.3 Å². The Bertz CT molecular complexity index is 1060. The number of hydrogen-bond acceptors (Lipinski definition) is 7. The molecule has 166 valence electrons. The van der Waals surface area contributed by atoms with Crippen molar-refractivity contribution in [2.45, 2.75) is 0 Å². The Labute approximate surface area is 194 Å². The highest BCUT2D eigenvalue weighted by Crippen LogP contribution is 2.29. The van der Waals surface area contributed by atoms with Gasteiger partial charge in [0.05, 0.1) is 20.3 Å². The summed E-state index contributed by atoms with van der Waals surface area (Å²) in [4.78, 5) is 26.3. The maximum atomic E-state index is 12.6. The van der Waals surface area contributed by atoms with Crippen LogP contribution in [0.5, 0.6) is 17.2 Å². The largest absolute Gasteiger partial charge is 0.493 e. The monoisotopic (exact) mass is 500 g/mol. The number of carbonyl (C=O) groups excluding carboxylic acids is 2. The molecule has 1 amide bonds. The third-order valence-corrected chi connectivity index (χ3v) is 5.02. The van der Waals surface area contributed by atoms with E-state index in [0.717, 1.165) is 4.47 Å². The number of morpholine rings is 1. The lowest BCUT2D eigenvalue weighted by molar-refractivity contribution is -0.136. The zero-order chi connectivity index (χ0) is 22.9. The SMILES string of the molecule is COc1cc(/C=C(\C#N)C(=O)N2CCOCC2)ccc1OC(=O)COc1cccc(Br)c1. The van der Waals surface area contributed by atoms with E-state index >= 15 is 0 Å². The van der Waals surface area contributed by atoms with E-state index < -0.39 is 5.97 Å². The predicted molar refractivity (Wildman–Crippen MR) is 119 cm³/mol. The van der Waals surface area contributed by atoms with Crippen molar-refractivity contribution < 1.29 is 28.5 Å². The van der Waals surface area contributed by atoms with Gasteiger partial charge in [0.25, 0.3) is 5.91 Å². The van der Waals surface area contributed by atoms with Gasteiger partial charge in [-0.05, 0) is 42.0 Å². The minimum Gasteiger partial charge on any atom is -0.493 e. The Kier molecular flexibility index (Phi) is 8.25. The fraction of sp³-hybridized carbons (Fsp3) is 0.261. The second kappa shape index (κ2) is 11.3. The lowest BCUT2D eigenvalue weighted by atomic mass is 10.1. The summed E-state index contributed by atoms with van der Waals surface area (Å²) in [6, 6.07) is 13.8. The summed E-state index contributed by atoms with van der Waals surface area (Å²) in [5.41, 5.74) is 0.561. The van der Waals surface area contributed by atoms with Gasteiger partial charge in [0, 0.05) is 17.6 Å². The van der Waals surface area contributed by atoms with E-state index in [1.54, 1.807) is 35.2 Å². The summed E-state index contributed by atoms with van der Waals surface area (Å²) in [5.74, 6) is 0.0515. The van der Waals surface area contributed by atoms with Gasteiger partial charge in [0.15, 0.2) is 18.1 Å². The minimum absolute atomic E-state index is 0.00104. The van der Waals surface area contributed by atoms with Crippen LogP contribution in [-0.4, -0.2) is 56.8 Å². The summed E-state index contributed by atoms with van der Waals surface area (Å²) < 4.78 is 22.1. The van der Waals surface area contributed by atoms with E-state index in [-0.39, 0.29) is 29.6 Å². The van der Waals surface area contributed by atoms with Gasteiger partial charge in [-0.25, -0.2) is 4.79 Å². The summed E-state index contributed by atoms with van der Waals surface area (Å²) in [6.07, 6.45) is 1.47. The first-order valence-corrected chi connectivity index (χ1v) is 10.6. The number of esters is 1. The molecule has 1 saturated heterocycles. The number of rotatable bonds is 7. The molecule has 9 heteroatoms. The average Bonchev–Trinajstić information content (AvgIpc) is 2.82. The Morgan fingerprint density at radius 1 is 1.19 bits per heavy atom. The van der Waals surface area contributed by atoms with Crippen molar-refractivity contribution in [2.75, 3.05) is 40.0 Å². The molecule has 1 aliphatic heterocycles. The molecule has 0 atom stereocenters. The second-order valence-electron chi connectivity index (χ2n) is 6.70. The number of nitriles is 1. The number of ether oxygens (including phenoxy) is 4. The zero-order valence-corrected chi connectivity index (χ0v) is 19.0. The van der Waals surface area contributed by atoms with Crippen molar-refractivity contribution in [3.05, 3.63) is 58.1 Å². The van der Waals surface area contributed by atoms with Crippen molar-refractivity contribution in [1.29, 1.82) is 5.26 Å². The van der Waals surface area contributed by atoms with Crippen molar-refractivity contribution in [3.63, 3.8) is 0 Å². The fourth-order valence-corrected chi connectivity index (χ4v) is 3.33. The van der Waals surface area contributed by atoms with Gasteiger partial charge in [-0.15, -0.1) is 0 Å². The Balaban J connectivity index is 1.68. The number of halogens is 1. The van der Waals surface area contributed by atoms with Crippen LogP contribution in [0.3, 0.4) is 0 Å². The van der Waals surface area contributed by atoms with Crippen LogP contribution in [0, 0.1) is 11.3 Å². The van der Waals surface area contributed by atoms with Gasteiger partial charge in [0.2, 0.25) is 0 Å². The topological polar surface area (TPSA) is 98.1 Å². The zero-order valence-electron chi connectivity index (χ0n) is 17.4. The minimum atomic E-state index is -0.605. The molecule has 32 heavy (non-hydrogen) atoms. The second-order valence-corrected chi connectivity index (χ2v) is 7.62. The average molecular weight is 501 g/mol. The maximum absolute atomic E-state index is 12.6. The van der Waals surface area contributed by atoms with Crippen LogP contribution in [0.2, 0.25) is 0 Å². The summed E-state index contributed by atoms with van der Waals surface area (Å²) in [6.45, 7) is 1.50. The van der Waals surface area contributed by atoms with Crippen molar-refractivity contribution in [1.82, 2.24) is 4.90 Å². The number of hydrogen-bond donors (Lipinski definition) is 0. The van der Waals surface area contributed by atoms with Gasteiger partial charge < -0.3 is 23.8 Å². The first-order chi connectivity index (χ1) is 15.5. The van der Waals surface area contributed by atoms with Crippen molar-refractivity contribution >= 4 is 33.9 Å². The van der Waals surface area contributed by atoms with Crippen LogP contribution in [-0.2, 0) is 14.3 Å². The standard InChI is InChI=1S/C23H21BrN2O6/c1-29-21-12-16(11-17(14-25)23(28)26-7-9-30-10-8-26)5-6-20(21)32-22(27)15-31-19-4-2-3-18(24)13-19/h2-6,11-13H,7-10,15H2,1H3/b17-11+. The molecule has 0 aliphatic carbocycles. The molecule has 1 fully saturated rings. The number of methoxy groups -OCH3 is 1. The molecule has 0 aromatic heterocycles. The molecule has 0 radical (unpaired) electrons. The van der Waals surface area contributed by atoms with E-state index in [0.29, 0.717) is 37.6 Å². The molecular weight excluding hydrogens is 480 g/mol. The first kappa shape index (κ1) is 23.3. The van der Waals surface area contributed by atoms with E-state index in [2.05, 4.69) is 15.9 Å². The van der Waals surface area contributed by atoms with Crippen LogP contribution in [0.15, 0.2) is 52.5 Å². The normalized spacial score (nSPS) is 13.8. The smallest absolute Gasteiger partial charge is 0.349 e. The molecule has 0 unspecified atom stereocenters. The molecule has 2 aromatic rings. The molecule has 0 N–H and O–H groups in total. The third-order valence-electron chi connectivity index (χ3n) is 4.52. The molecule has 0 spiro atoms. The van der Waals surface area contributed by atoms with Crippen molar-refractivity contribution in [2.24, 2.45) is 0 Å². The first-order valence-electron chi connectivity index (χ1n) is 9.76. The van der Waals surface area contributed by atoms with Gasteiger partial charge in [-0.1, -0.05) is 28.1 Å². The number of benzene rings is 2. The number of nitrogens with zero attached hydrogens (tertiary/aromatic N) is 2. The molecular formula is C23H21BrN2O6. The lowest BCUT2D eigenvalue weighted by Crippen LogP contribution is -2.41. The summed E-state index contributed by atoms with van der Waals surface area (Å²) in [5, 5.41) is 9.44. The third kappa shape index (κ3) is 6.33. The van der Waals surface area contributed by atoms with E-state index in [4.69, 9.17) is 18.9 Å². The van der Waals surface area contributed by atoms with Gasteiger partial charge in [-0.3, -0.25) is 4.79 Å². The molecule has 0 bridgehead atoms. The molecule has 1 aliphatic rings. The summed E-state index contributed by atoms with van der Waals surface area (Å²) >= 11 is 3.34. The Morgan fingerprint density at radius 2 is 1.97 bits per heavy atom. The van der Waals surface area contributed by atoms with Gasteiger partial charge in [-0.2, -0.15) is 5.26 Å². The molecule has 1 heterocycles. The summed E-state index contributed by atoms with van der Waals surface area (Å²) in [7, 11) is 1.43. The molecule has 3 rings (SSSR count). The fourth-order valence-electron chi connectivity index (χ4n) is 2.95. The molecule has 0 saturated carbocycles. The Hall–Kier alpha value is -3.35. The van der Waals surface area contributed by atoms with Crippen molar-refractivity contribution in [3.8, 4) is 23.3 Å². The maximum Gasteiger partial charge on any atom is 0.349 e. The van der Waals surface area contributed by atoms with Gasteiger partial charge >= 0.3 is 5.97 Å². The number of carbonyl (C=O) groups is 2. The lowest BCUT2D eigenvalue weighted by Gasteiger charge is -2.26. The highest BCUT2D eigenvalue weighted by Gasteiger charge is 2.21. The van der Waals surface area contributed by atoms with Gasteiger partial charge in [0.1, 0.15) is 17.4 Å². The highest BCUT2D eigenvalue weighted by atomic mass is 79.9. The van der Waals surface area contributed by atoms with Crippen LogP contribution >= 0.6 is 15.9 Å². The van der Waals surface area contributed by atoms with Crippen LogP contribution in [0.1, 0.15) is 5.56 Å². The molecule has 2 aromatic carbocycles. The number of amides is 1. The van der Waals surface area contributed by atoms with E-state index in [9.17, 15) is 14.9 Å². The highest BCUT2D eigenvalue weighted by molar-refractivity contribution is 9.10. The van der Waals surface area contributed by atoms with Crippen LogP contribution in [0.4, 0.5) is 0 Å².